The van der Waals surface area contributed by atoms with Gasteiger partial charge in [-0.05, 0) is 6.07 Å². The van der Waals surface area contributed by atoms with Crippen LogP contribution < -0.4 is 10.6 Å². The fraction of sp³-hybridized carbons (Fsp3) is 0.286. The molecule has 140 valence electrons. The van der Waals surface area contributed by atoms with E-state index in [9.17, 15) is 22.8 Å². The van der Waals surface area contributed by atoms with Gasteiger partial charge in [0.1, 0.15) is 12.4 Å². The van der Waals surface area contributed by atoms with E-state index < -0.39 is 23.6 Å². The summed E-state index contributed by atoms with van der Waals surface area (Å²) >= 11 is 5.74. The number of carboxylic acids is 1. The molecule has 0 fully saturated rings. The molecule has 0 aliphatic rings. The van der Waals surface area contributed by atoms with E-state index in [1.54, 1.807) is 0 Å². The number of carbonyl (C=O) groups excluding carboxylic acids is 1. The van der Waals surface area contributed by atoms with Crippen LogP contribution in [0.25, 0.3) is 0 Å². The third kappa shape index (κ3) is 5.62. The Labute approximate surface area is 150 Å². The van der Waals surface area contributed by atoms with Gasteiger partial charge in [-0.1, -0.05) is 11.6 Å². The SMILES string of the molecule is O=C(O)Cn1ccc(NC(=O)CCNc2ncc(C(F)(F)F)cc2Cl)n1. The van der Waals surface area contributed by atoms with Gasteiger partial charge in [0.05, 0.1) is 10.6 Å². The minimum Gasteiger partial charge on any atom is -0.480 e. The van der Waals surface area contributed by atoms with Gasteiger partial charge in [-0.2, -0.15) is 18.3 Å². The predicted molar refractivity (Wildman–Crippen MR) is 85.8 cm³/mol. The smallest absolute Gasteiger partial charge is 0.417 e. The molecule has 0 aliphatic carbocycles. The number of amides is 1. The van der Waals surface area contributed by atoms with E-state index in [-0.39, 0.29) is 36.2 Å². The zero-order valence-corrected chi connectivity index (χ0v) is 13.8. The van der Waals surface area contributed by atoms with Crippen molar-refractivity contribution in [2.75, 3.05) is 17.2 Å². The number of anilines is 2. The molecule has 0 spiro atoms. The lowest BCUT2D eigenvalue weighted by molar-refractivity contribution is -0.138. The molecule has 0 unspecified atom stereocenters. The molecule has 26 heavy (non-hydrogen) atoms. The monoisotopic (exact) mass is 391 g/mol. The Morgan fingerprint density at radius 3 is 2.69 bits per heavy atom. The summed E-state index contributed by atoms with van der Waals surface area (Å²) in [6.45, 7) is -0.269. The minimum absolute atomic E-state index is 0.0261. The van der Waals surface area contributed by atoms with Crippen LogP contribution in [0.3, 0.4) is 0 Å². The van der Waals surface area contributed by atoms with Crippen molar-refractivity contribution in [1.29, 1.82) is 0 Å². The quantitative estimate of drug-likeness (QED) is 0.669. The van der Waals surface area contributed by atoms with E-state index >= 15 is 0 Å². The second kappa shape index (κ2) is 8.04. The Bertz CT molecular complexity index is 809. The Morgan fingerprint density at radius 2 is 2.08 bits per heavy atom. The summed E-state index contributed by atoms with van der Waals surface area (Å²) in [6.07, 6.45) is -2.54. The fourth-order valence-corrected chi connectivity index (χ4v) is 2.11. The number of rotatable bonds is 7. The van der Waals surface area contributed by atoms with E-state index in [1.807, 2.05) is 0 Å². The molecule has 0 radical (unpaired) electrons. The minimum atomic E-state index is -4.54. The summed E-state index contributed by atoms with van der Waals surface area (Å²) in [5.41, 5.74) is -0.970. The zero-order valence-electron chi connectivity index (χ0n) is 13.0. The van der Waals surface area contributed by atoms with Crippen LogP contribution in [0.4, 0.5) is 24.8 Å². The van der Waals surface area contributed by atoms with Gasteiger partial charge in [0.2, 0.25) is 5.91 Å². The molecule has 0 atom stereocenters. The van der Waals surface area contributed by atoms with Crippen molar-refractivity contribution >= 4 is 35.1 Å². The van der Waals surface area contributed by atoms with Gasteiger partial charge in [-0.3, -0.25) is 14.3 Å². The summed E-state index contributed by atoms with van der Waals surface area (Å²) < 4.78 is 38.7. The van der Waals surface area contributed by atoms with Gasteiger partial charge < -0.3 is 15.7 Å². The highest BCUT2D eigenvalue weighted by Gasteiger charge is 2.31. The number of aromatic nitrogens is 3. The van der Waals surface area contributed by atoms with E-state index in [4.69, 9.17) is 16.7 Å². The number of nitrogens with one attached hydrogen (secondary N) is 2. The van der Waals surface area contributed by atoms with Gasteiger partial charge in [0.25, 0.3) is 0 Å². The molecule has 2 heterocycles. The van der Waals surface area contributed by atoms with E-state index in [2.05, 4.69) is 20.7 Å². The fourth-order valence-electron chi connectivity index (χ4n) is 1.88. The molecule has 2 aromatic heterocycles. The lowest BCUT2D eigenvalue weighted by atomic mass is 10.2. The van der Waals surface area contributed by atoms with Crippen LogP contribution >= 0.6 is 11.6 Å². The van der Waals surface area contributed by atoms with Crippen molar-refractivity contribution in [3.05, 3.63) is 35.1 Å². The standard InChI is InChI=1S/C14H13ClF3N5O3/c15-9-5-8(14(16,17)18)6-20-13(9)19-3-1-11(24)21-10-2-4-23(22-10)7-12(25)26/h2,4-6H,1,3,7H2,(H,19,20)(H,25,26)(H,21,22,24). The first-order chi connectivity index (χ1) is 12.1. The summed E-state index contributed by atoms with van der Waals surface area (Å²) in [5, 5.41) is 17.4. The first-order valence-electron chi connectivity index (χ1n) is 7.17. The van der Waals surface area contributed by atoms with Crippen LogP contribution in [-0.2, 0) is 22.3 Å². The lowest BCUT2D eigenvalue weighted by Gasteiger charge is -2.10. The highest BCUT2D eigenvalue weighted by molar-refractivity contribution is 6.32. The summed E-state index contributed by atoms with van der Waals surface area (Å²) in [4.78, 5) is 25.9. The maximum Gasteiger partial charge on any atom is 0.417 e. The molecule has 8 nitrogen and oxygen atoms in total. The molecular weight excluding hydrogens is 379 g/mol. The van der Waals surface area contributed by atoms with Gasteiger partial charge in [-0.25, -0.2) is 4.98 Å². The first kappa shape index (κ1) is 19.5. The largest absolute Gasteiger partial charge is 0.480 e. The highest BCUT2D eigenvalue weighted by Crippen LogP contribution is 2.32. The number of alkyl halides is 3. The molecule has 0 saturated carbocycles. The van der Waals surface area contributed by atoms with Crippen molar-refractivity contribution in [2.45, 2.75) is 19.1 Å². The third-order valence-corrected chi connectivity index (χ3v) is 3.31. The molecule has 3 N–H and O–H groups in total. The summed E-state index contributed by atoms with van der Waals surface area (Å²) in [6, 6.07) is 2.18. The number of carboxylic acid groups (broad SMARTS) is 1. The molecule has 0 bridgehead atoms. The predicted octanol–water partition coefficient (Wildman–Crippen LogP) is 2.48. The first-order valence-corrected chi connectivity index (χ1v) is 7.54. The van der Waals surface area contributed by atoms with Gasteiger partial charge >= 0.3 is 12.1 Å². The summed E-state index contributed by atoms with van der Waals surface area (Å²) in [7, 11) is 0. The maximum absolute atomic E-state index is 12.5. The van der Waals surface area contributed by atoms with Crippen LogP contribution in [-0.4, -0.2) is 38.3 Å². The molecule has 0 saturated heterocycles. The number of aliphatic carboxylic acids is 1. The molecule has 1 amide bonds. The molecule has 0 aromatic carbocycles. The highest BCUT2D eigenvalue weighted by atomic mass is 35.5. The normalized spacial score (nSPS) is 11.2. The van der Waals surface area contributed by atoms with Gasteiger partial charge in [-0.15, -0.1) is 0 Å². The van der Waals surface area contributed by atoms with Crippen LogP contribution in [0.15, 0.2) is 24.5 Å². The number of halogens is 4. The Kier molecular flexibility index (Phi) is 6.03. The summed E-state index contributed by atoms with van der Waals surface area (Å²) in [5.74, 6) is -1.29. The Balaban J connectivity index is 1.83. The second-order valence-corrected chi connectivity index (χ2v) is 5.48. The van der Waals surface area contributed by atoms with Crippen LogP contribution in [0.1, 0.15) is 12.0 Å². The third-order valence-electron chi connectivity index (χ3n) is 3.02. The van der Waals surface area contributed by atoms with Crippen LogP contribution in [0.2, 0.25) is 5.02 Å². The average molecular weight is 392 g/mol. The number of hydrogen-bond donors (Lipinski definition) is 3. The topological polar surface area (TPSA) is 109 Å². The van der Waals surface area contributed by atoms with Crippen molar-refractivity contribution < 1.29 is 27.9 Å². The Morgan fingerprint density at radius 1 is 1.35 bits per heavy atom. The van der Waals surface area contributed by atoms with Crippen molar-refractivity contribution in [2.24, 2.45) is 0 Å². The van der Waals surface area contributed by atoms with Crippen molar-refractivity contribution in [3.8, 4) is 0 Å². The van der Waals surface area contributed by atoms with Crippen LogP contribution in [0.5, 0.6) is 0 Å². The van der Waals surface area contributed by atoms with Crippen LogP contribution in [0, 0.1) is 0 Å². The molecule has 2 aromatic rings. The average Bonchev–Trinajstić information content (AvgIpc) is 2.93. The number of pyridine rings is 1. The van der Waals surface area contributed by atoms with Gasteiger partial charge in [0, 0.05) is 31.4 Å². The lowest BCUT2D eigenvalue weighted by Crippen LogP contribution is -2.17. The van der Waals surface area contributed by atoms with Crippen molar-refractivity contribution in [3.63, 3.8) is 0 Å². The molecule has 12 heteroatoms. The van der Waals surface area contributed by atoms with Gasteiger partial charge in [0.15, 0.2) is 5.82 Å². The van der Waals surface area contributed by atoms with E-state index in [1.165, 1.54) is 12.3 Å². The van der Waals surface area contributed by atoms with Crippen molar-refractivity contribution in [1.82, 2.24) is 14.8 Å². The maximum atomic E-state index is 12.5. The molecule has 0 aliphatic heterocycles. The van der Waals surface area contributed by atoms with E-state index in [0.717, 1.165) is 10.7 Å². The molecule has 2 rings (SSSR count). The Hall–Kier alpha value is -2.82. The number of nitrogens with zero attached hydrogens (tertiary/aromatic N) is 3. The van der Waals surface area contributed by atoms with E-state index in [0.29, 0.717) is 6.20 Å². The zero-order chi connectivity index (χ0) is 19.3. The number of hydrogen-bond acceptors (Lipinski definition) is 5. The second-order valence-electron chi connectivity index (χ2n) is 5.07. The number of carbonyl (C=O) groups is 2. The molecular formula is C14H13ClF3N5O3.